The van der Waals surface area contributed by atoms with Gasteiger partial charge in [-0.05, 0) is 6.07 Å². The van der Waals surface area contributed by atoms with Gasteiger partial charge in [0.2, 0.25) is 5.95 Å². The lowest BCUT2D eigenvalue weighted by Crippen LogP contribution is -2.22. The van der Waals surface area contributed by atoms with Crippen molar-refractivity contribution in [1.29, 1.82) is 0 Å². The van der Waals surface area contributed by atoms with Crippen LogP contribution in [0.15, 0.2) is 55.1 Å². The molecule has 0 fully saturated rings. The molecule has 0 saturated heterocycles. The van der Waals surface area contributed by atoms with Gasteiger partial charge in [-0.25, -0.2) is 15.0 Å². The van der Waals surface area contributed by atoms with Crippen LogP contribution in [0.2, 0.25) is 0 Å². The first-order chi connectivity index (χ1) is 11.3. The minimum Gasteiger partial charge on any atom is -0.323 e. The predicted molar refractivity (Wildman–Crippen MR) is 82.9 cm³/mol. The maximum Gasteiger partial charge on any atom is 0.230 e. The van der Waals surface area contributed by atoms with Crippen molar-refractivity contribution in [3.05, 3.63) is 77.4 Å². The average Bonchev–Trinajstić information content (AvgIpc) is 2.60. The smallest absolute Gasteiger partial charge is 0.230 e. The van der Waals surface area contributed by atoms with Crippen molar-refractivity contribution in [2.24, 2.45) is 0 Å². The van der Waals surface area contributed by atoms with Crippen LogP contribution in [0.25, 0.3) is 0 Å². The SMILES string of the molecule is O=C1c2ccccc2C(=O)c2c(Nc3ncncn3)cccc21. The normalized spacial score (nSPS) is 12.5. The summed E-state index contributed by atoms with van der Waals surface area (Å²) in [5.74, 6) is -0.0330. The molecule has 110 valence electrons. The molecule has 2 aromatic carbocycles. The van der Waals surface area contributed by atoms with E-state index in [0.29, 0.717) is 33.9 Å². The number of nitrogens with zero attached hydrogens (tertiary/aromatic N) is 3. The molecule has 1 N–H and O–H groups in total. The molecule has 6 nitrogen and oxygen atoms in total. The molecule has 0 unspecified atom stereocenters. The van der Waals surface area contributed by atoms with Gasteiger partial charge in [-0.15, -0.1) is 0 Å². The van der Waals surface area contributed by atoms with E-state index in [9.17, 15) is 9.59 Å². The topological polar surface area (TPSA) is 84.8 Å². The van der Waals surface area contributed by atoms with Gasteiger partial charge in [0.25, 0.3) is 0 Å². The van der Waals surface area contributed by atoms with E-state index < -0.39 is 0 Å². The second-order valence-corrected chi connectivity index (χ2v) is 5.02. The molecule has 0 saturated carbocycles. The van der Waals surface area contributed by atoms with Crippen molar-refractivity contribution in [2.45, 2.75) is 0 Å². The Kier molecular flexibility index (Phi) is 2.94. The van der Waals surface area contributed by atoms with Gasteiger partial charge in [0.1, 0.15) is 12.7 Å². The molecule has 1 aliphatic rings. The Morgan fingerprint density at radius 2 is 1.39 bits per heavy atom. The molecule has 0 aliphatic heterocycles. The first-order valence-electron chi connectivity index (χ1n) is 6.96. The predicted octanol–water partition coefficient (Wildman–Crippen LogP) is 2.39. The average molecular weight is 302 g/mol. The van der Waals surface area contributed by atoms with Crippen molar-refractivity contribution in [3.63, 3.8) is 0 Å². The van der Waals surface area contributed by atoms with Gasteiger partial charge in [-0.3, -0.25) is 9.59 Å². The number of rotatable bonds is 2. The third kappa shape index (κ3) is 2.08. The van der Waals surface area contributed by atoms with Crippen LogP contribution in [0.5, 0.6) is 0 Å². The molecule has 1 aliphatic carbocycles. The number of ketones is 2. The third-order valence-corrected chi connectivity index (χ3v) is 3.69. The zero-order valence-corrected chi connectivity index (χ0v) is 11.9. The van der Waals surface area contributed by atoms with Gasteiger partial charge < -0.3 is 5.32 Å². The van der Waals surface area contributed by atoms with Gasteiger partial charge in [-0.1, -0.05) is 36.4 Å². The first kappa shape index (κ1) is 13.3. The second-order valence-electron chi connectivity index (χ2n) is 5.02. The Morgan fingerprint density at radius 3 is 2.13 bits per heavy atom. The van der Waals surface area contributed by atoms with E-state index in [1.807, 2.05) is 0 Å². The van der Waals surface area contributed by atoms with Crippen LogP contribution in [0.3, 0.4) is 0 Å². The van der Waals surface area contributed by atoms with Gasteiger partial charge in [0.15, 0.2) is 11.6 Å². The number of nitrogens with one attached hydrogen (secondary N) is 1. The Bertz CT molecular complexity index is 938. The fraction of sp³-hybridized carbons (Fsp3) is 0. The number of anilines is 2. The lowest BCUT2D eigenvalue weighted by molar-refractivity contribution is 0.0979. The fourth-order valence-corrected chi connectivity index (χ4v) is 2.67. The van der Waals surface area contributed by atoms with Gasteiger partial charge in [-0.2, -0.15) is 0 Å². The summed E-state index contributed by atoms with van der Waals surface area (Å²) in [6.07, 6.45) is 2.71. The van der Waals surface area contributed by atoms with Crippen LogP contribution in [-0.2, 0) is 0 Å². The molecule has 6 heteroatoms. The maximum atomic E-state index is 12.8. The van der Waals surface area contributed by atoms with E-state index >= 15 is 0 Å². The number of fused-ring (bicyclic) bond motifs is 2. The monoisotopic (exact) mass is 302 g/mol. The van der Waals surface area contributed by atoms with Gasteiger partial charge in [0.05, 0.1) is 11.3 Å². The van der Waals surface area contributed by atoms with Gasteiger partial charge >= 0.3 is 0 Å². The number of carbonyl (C=O) groups excluding carboxylic acids is 2. The zero-order valence-electron chi connectivity index (χ0n) is 11.9. The van der Waals surface area contributed by atoms with E-state index in [2.05, 4.69) is 20.3 Å². The highest BCUT2D eigenvalue weighted by Gasteiger charge is 2.31. The van der Waals surface area contributed by atoms with Crippen LogP contribution in [0, 0.1) is 0 Å². The third-order valence-electron chi connectivity index (χ3n) is 3.69. The van der Waals surface area contributed by atoms with Crippen molar-refractivity contribution < 1.29 is 9.59 Å². The lowest BCUT2D eigenvalue weighted by atomic mass is 9.83. The number of hydrogen-bond donors (Lipinski definition) is 1. The minimum absolute atomic E-state index is 0.158. The van der Waals surface area contributed by atoms with E-state index in [4.69, 9.17) is 0 Å². The quantitative estimate of drug-likeness (QED) is 0.612. The summed E-state index contributed by atoms with van der Waals surface area (Å²) in [5.41, 5.74) is 2.07. The van der Waals surface area contributed by atoms with E-state index in [1.165, 1.54) is 12.7 Å². The Morgan fingerprint density at radius 1 is 0.739 bits per heavy atom. The largest absolute Gasteiger partial charge is 0.323 e. The number of hydrogen-bond acceptors (Lipinski definition) is 6. The van der Waals surface area contributed by atoms with E-state index in [0.717, 1.165) is 0 Å². The molecule has 23 heavy (non-hydrogen) atoms. The van der Waals surface area contributed by atoms with Gasteiger partial charge in [0, 0.05) is 16.7 Å². The second kappa shape index (κ2) is 5.10. The Balaban J connectivity index is 1.87. The summed E-state index contributed by atoms with van der Waals surface area (Å²) < 4.78 is 0. The summed E-state index contributed by atoms with van der Waals surface area (Å²) in [7, 11) is 0. The lowest BCUT2D eigenvalue weighted by Gasteiger charge is -2.20. The van der Waals surface area contributed by atoms with E-state index in [1.54, 1.807) is 42.5 Å². The van der Waals surface area contributed by atoms with Crippen molar-refractivity contribution in [3.8, 4) is 0 Å². The Hall–Kier alpha value is -3.41. The molecule has 1 heterocycles. The van der Waals surface area contributed by atoms with Crippen LogP contribution in [-0.4, -0.2) is 26.5 Å². The molecule has 0 atom stereocenters. The first-order valence-corrected chi connectivity index (χ1v) is 6.96. The fourth-order valence-electron chi connectivity index (χ4n) is 2.67. The minimum atomic E-state index is -0.188. The summed E-state index contributed by atoms with van der Waals surface area (Å²) in [6.45, 7) is 0. The Labute approximate surface area is 131 Å². The van der Waals surface area contributed by atoms with Crippen molar-refractivity contribution >= 4 is 23.2 Å². The molecule has 4 rings (SSSR count). The van der Waals surface area contributed by atoms with Crippen molar-refractivity contribution in [1.82, 2.24) is 15.0 Å². The summed E-state index contributed by atoms with van der Waals surface area (Å²) in [6, 6.07) is 11.9. The molecule has 0 radical (unpaired) electrons. The highest BCUT2D eigenvalue weighted by atomic mass is 16.1. The number of aromatic nitrogens is 3. The molecule has 0 amide bonds. The number of benzene rings is 2. The molecule has 1 aromatic heterocycles. The highest BCUT2D eigenvalue weighted by Crippen LogP contribution is 2.32. The molecule has 3 aromatic rings. The van der Waals surface area contributed by atoms with Crippen LogP contribution < -0.4 is 5.32 Å². The zero-order chi connectivity index (χ0) is 15.8. The molecular weight excluding hydrogens is 292 g/mol. The summed E-state index contributed by atoms with van der Waals surface area (Å²) >= 11 is 0. The van der Waals surface area contributed by atoms with Crippen LogP contribution in [0.1, 0.15) is 31.8 Å². The molecule has 0 bridgehead atoms. The van der Waals surface area contributed by atoms with Crippen LogP contribution >= 0.6 is 0 Å². The standard InChI is InChI=1S/C17H10N4O2/c22-15-10-4-1-2-5-11(10)16(23)14-12(15)6-3-7-13(14)21-17-19-8-18-9-20-17/h1-9H,(H,18,19,20,21). The number of carbonyl (C=O) groups is 2. The van der Waals surface area contributed by atoms with E-state index in [-0.39, 0.29) is 11.6 Å². The molecular formula is C17H10N4O2. The molecule has 0 spiro atoms. The maximum absolute atomic E-state index is 12.8. The van der Waals surface area contributed by atoms with Crippen molar-refractivity contribution in [2.75, 3.05) is 5.32 Å². The highest BCUT2D eigenvalue weighted by molar-refractivity contribution is 6.30. The summed E-state index contributed by atoms with van der Waals surface area (Å²) in [5, 5.41) is 2.98. The van der Waals surface area contributed by atoms with Crippen LogP contribution in [0.4, 0.5) is 11.6 Å². The summed E-state index contributed by atoms with van der Waals surface area (Å²) in [4.78, 5) is 37.2.